The van der Waals surface area contributed by atoms with Crippen LogP contribution >= 0.6 is 0 Å². The molecule has 0 aliphatic rings. The highest BCUT2D eigenvalue weighted by Gasteiger charge is 2.19. The van der Waals surface area contributed by atoms with E-state index in [-0.39, 0.29) is 31.1 Å². The predicted molar refractivity (Wildman–Crippen MR) is 353 cm³/mol. The second-order valence-electron chi connectivity index (χ2n) is 22.0. The summed E-state index contributed by atoms with van der Waals surface area (Å²) in [7, 11) is 0. The summed E-state index contributed by atoms with van der Waals surface area (Å²) in [5.41, 5.74) is 0. The number of unbranched alkanes of at least 4 members (excludes halogenated alkanes) is 27. The molecule has 0 aromatic carbocycles. The number of hydrogen-bond donors (Lipinski definition) is 0. The van der Waals surface area contributed by atoms with Crippen LogP contribution in [0.2, 0.25) is 0 Å². The van der Waals surface area contributed by atoms with Gasteiger partial charge in [-0.3, -0.25) is 14.4 Å². The molecule has 0 saturated carbocycles. The summed E-state index contributed by atoms with van der Waals surface area (Å²) >= 11 is 0. The minimum Gasteiger partial charge on any atom is -0.462 e. The third kappa shape index (κ3) is 66.2. The van der Waals surface area contributed by atoms with Gasteiger partial charge in [0.25, 0.3) is 0 Å². The molecule has 0 amide bonds. The Balaban J connectivity index is 4.34. The normalized spacial score (nSPS) is 13.0. The molecule has 6 heteroatoms. The molecule has 0 aromatic rings. The summed E-state index contributed by atoms with van der Waals surface area (Å²) in [6.07, 6.45) is 96.1. The van der Waals surface area contributed by atoms with Gasteiger partial charge in [-0.1, -0.05) is 283 Å². The van der Waals surface area contributed by atoms with Crippen molar-refractivity contribution in [3.05, 3.63) is 134 Å². The van der Waals surface area contributed by atoms with Crippen LogP contribution in [0, 0.1) is 0 Å². The number of esters is 3. The number of rotatable bonds is 60. The van der Waals surface area contributed by atoms with E-state index < -0.39 is 6.10 Å². The summed E-state index contributed by atoms with van der Waals surface area (Å²) in [4.78, 5) is 38.4. The molecule has 0 rings (SSSR count). The van der Waals surface area contributed by atoms with Crippen molar-refractivity contribution in [2.75, 3.05) is 13.2 Å². The maximum Gasteiger partial charge on any atom is 0.306 e. The molecule has 0 N–H and O–H groups in total. The van der Waals surface area contributed by atoms with Crippen LogP contribution in [0.1, 0.15) is 303 Å². The SMILES string of the molecule is CC/C=C\C/C=C\C/C=C\C/C=C\CCCCCCCCCCCCCCCCCCC(=O)OCC(COC(=O)CCCC/C=C\C/C=C\C/C=C\C/C=C\CC)OC(=O)CCCCCCCC/C=C\C/C=C\C/C=C\CCCCC. The summed E-state index contributed by atoms with van der Waals surface area (Å²) in [5, 5.41) is 0. The molecular weight excluding hydrogens is 997 g/mol. The van der Waals surface area contributed by atoms with Crippen molar-refractivity contribution in [3.63, 3.8) is 0 Å². The molecule has 1 unspecified atom stereocenters. The van der Waals surface area contributed by atoms with E-state index in [1.165, 1.54) is 128 Å². The highest BCUT2D eigenvalue weighted by atomic mass is 16.6. The van der Waals surface area contributed by atoms with Gasteiger partial charge in [-0.05, 0) is 135 Å². The van der Waals surface area contributed by atoms with E-state index in [9.17, 15) is 14.4 Å². The summed E-state index contributed by atoms with van der Waals surface area (Å²) in [5.74, 6) is -0.949. The number of hydrogen-bond acceptors (Lipinski definition) is 6. The molecule has 0 aromatic heterocycles. The van der Waals surface area contributed by atoms with Crippen molar-refractivity contribution in [1.29, 1.82) is 0 Å². The summed E-state index contributed by atoms with van der Waals surface area (Å²) < 4.78 is 16.9. The molecule has 0 bridgehead atoms. The van der Waals surface area contributed by atoms with Crippen molar-refractivity contribution >= 4 is 17.9 Å². The molecule has 6 nitrogen and oxygen atoms in total. The van der Waals surface area contributed by atoms with Gasteiger partial charge >= 0.3 is 17.9 Å². The van der Waals surface area contributed by atoms with E-state index in [0.29, 0.717) is 19.3 Å². The predicted octanol–water partition coefficient (Wildman–Crippen LogP) is 23.3. The maximum absolute atomic E-state index is 12.9. The van der Waals surface area contributed by atoms with Gasteiger partial charge in [0.2, 0.25) is 0 Å². The minimum atomic E-state index is -0.807. The van der Waals surface area contributed by atoms with E-state index in [4.69, 9.17) is 14.2 Å². The second kappa shape index (κ2) is 68.1. The first-order valence-electron chi connectivity index (χ1n) is 33.7. The van der Waals surface area contributed by atoms with Gasteiger partial charge in [0.05, 0.1) is 0 Å². The Morgan fingerprint density at radius 1 is 0.259 bits per heavy atom. The molecule has 0 fully saturated rings. The quantitative estimate of drug-likeness (QED) is 0.0261. The van der Waals surface area contributed by atoms with Crippen LogP contribution in [0.4, 0.5) is 0 Å². The van der Waals surface area contributed by atoms with E-state index >= 15 is 0 Å². The fourth-order valence-corrected chi connectivity index (χ4v) is 9.14. The highest BCUT2D eigenvalue weighted by Crippen LogP contribution is 2.16. The van der Waals surface area contributed by atoms with Crippen LogP contribution in [0.25, 0.3) is 0 Å². The molecule has 0 spiro atoms. The lowest BCUT2D eigenvalue weighted by Crippen LogP contribution is -2.30. The molecule has 81 heavy (non-hydrogen) atoms. The van der Waals surface area contributed by atoms with Gasteiger partial charge in [-0.25, -0.2) is 0 Å². The van der Waals surface area contributed by atoms with Gasteiger partial charge in [0.1, 0.15) is 13.2 Å². The number of allylic oxidation sites excluding steroid dienone is 22. The zero-order chi connectivity index (χ0) is 58.5. The average Bonchev–Trinajstić information content (AvgIpc) is 3.47. The van der Waals surface area contributed by atoms with Gasteiger partial charge in [0, 0.05) is 19.3 Å². The van der Waals surface area contributed by atoms with Crippen LogP contribution in [0.5, 0.6) is 0 Å². The topological polar surface area (TPSA) is 78.9 Å². The molecule has 1 atom stereocenters. The Hall–Kier alpha value is -4.45. The van der Waals surface area contributed by atoms with E-state index in [1.807, 2.05) is 0 Å². The van der Waals surface area contributed by atoms with Crippen LogP contribution in [-0.4, -0.2) is 37.2 Å². The summed E-state index contributed by atoms with van der Waals surface area (Å²) in [6.45, 7) is 6.36. The highest BCUT2D eigenvalue weighted by molar-refractivity contribution is 5.71. The Labute approximate surface area is 500 Å². The van der Waals surface area contributed by atoms with Crippen LogP contribution in [-0.2, 0) is 28.6 Å². The third-order valence-corrected chi connectivity index (χ3v) is 14.1. The number of carbonyl (C=O) groups excluding carboxylic acids is 3. The van der Waals surface area contributed by atoms with Gasteiger partial charge < -0.3 is 14.2 Å². The van der Waals surface area contributed by atoms with Crippen molar-refractivity contribution < 1.29 is 28.6 Å². The standard InChI is InChI=1S/C75H124O6/c1-4-7-10-13-16-19-22-25-28-30-32-33-34-35-36-37-38-39-40-41-43-44-47-50-53-56-59-62-65-68-74(77)80-71-72(70-79-73(76)67-64-61-58-55-52-49-46-27-24-21-18-15-12-9-6-3)81-75(78)69-66-63-60-57-54-51-48-45-42-31-29-26-23-20-17-14-11-8-5-2/h7,9-10,12,16-21,25-29,32-33,42,45-46,52,55,72H,4-6,8,11,13-15,22-24,30-31,34-41,43-44,47-51,53-54,56-71H2,1-3H3/b10-7-,12-9-,19-16-,20-17-,21-18-,28-25-,29-26-,33-32-,45-42-,46-27-,55-52-. The monoisotopic (exact) mass is 1120 g/mol. The molecule has 0 heterocycles. The van der Waals surface area contributed by atoms with Crippen LogP contribution in [0.3, 0.4) is 0 Å². The molecule has 460 valence electrons. The zero-order valence-corrected chi connectivity index (χ0v) is 52.8. The first-order chi connectivity index (χ1) is 40.0. The molecule has 0 radical (unpaired) electrons. The summed E-state index contributed by atoms with van der Waals surface area (Å²) in [6, 6.07) is 0. The Morgan fingerprint density at radius 3 is 0.778 bits per heavy atom. The van der Waals surface area contributed by atoms with Crippen molar-refractivity contribution in [3.8, 4) is 0 Å². The van der Waals surface area contributed by atoms with Crippen molar-refractivity contribution in [1.82, 2.24) is 0 Å². The lowest BCUT2D eigenvalue weighted by Gasteiger charge is -2.18. The number of ether oxygens (including phenoxy) is 3. The third-order valence-electron chi connectivity index (χ3n) is 14.1. The fraction of sp³-hybridized carbons (Fsp3) is 0.667. The Bertz CT molecular complexity index is 1720. The van der Waals surface area contributed by atoms with Gasteiger partial charge in [-0.2, -0.15) is 0 Å². The molecule has 0 aliphatic carbocycles. The zero-order valence-electron chi connectivity index (χ0n) is 52.8. The lowest BCUT2D eigenvalue weighted by molar-refractivity contribution is -0.167. The molecular formula is C75H124O6. The second-order valence-corrected chi connectivity index (χ2v) is 22.0. The van der Waals surface area contributed by atoms with Crippen LogP contribution in [0.15, 0.2) is 134 Å². The largest absolute Gasteiger partial charge is 0.462 e. The van der Waals surface area contributed by atoms with Crippen molar-refractivity contribution in [2.24, 2.45) is 0 Å². The molecule has 0 aliphatic heterocycles. The number of carbonyl (C=O) groups is 3. The first kappa shape index (κ1) is 76.5. The average molecular weight is 1120 g/mol. The minimum absolute atomic E-state index is 0.0985. The first-order valence-corrected chi connectivity index (χ1v) is 33.7. The maximum atomic E-state index is 12.9. The van der Waals surface area contributed by atoms with Crippen molar-refractivity contribution in [2.45, 2.75) is 309 Å². The molecule has 0 saturated heterocycles. The van der Waals surface area contributed by atoms with E-state index in [0.717, 1.165) is 135 Å². The van der Waals surface area contributed by atoms with Crippen LogP contribution < -0.4 is 0 Å². The van der Waals surface area contributed by atoms with E-state index in [1.54, 1.807) is 0 Å². The van der Waals surface area contributed by atoms with Gasteiger partial charge in [-0.15, -0.1) is 0 Å². The Kier molecular flexibility index (Phi) is 64.3. The van der Waals surface area contributed by atoms with Gasteiger partial charge in [0.15, 0.2) is 6.10 Å². The smallest absolute Gasteiger partial charge is 0.306 e. The van der Waals surface area contributed by atoms with E-state index in [2.05, 4.69) is 154 Å². The lowest BCUT2D eigenvalue weighted by atomic mass is 10.0. The fourth-order valence-electron chi connectivity index (χ4n) is 9.14. The Morgan fingerprint density at radius 2 is 0.481 bits per heavy atom.